The van der Waals surface area contributed by atoms with E-state index in [1.165, 1.54) is 6.07 Å². The predicted octanol–water partition coefficient (Wildman–Crippen LogP) is 3.99. The second-order valence-corrected chi connectivity index (χ2v) is 9.35. The second-order valence-electron chi connectivity index (χ2n) is 6.92. The van der Waals surface area contributed by atoms with Crippen LogP contribution in [0.15, 0.2) is 41.3 Å². The van der Waals surface area contributed by atoms with Gasteiger partial charge in [0.15, 0.2) is 0 Å². The van der Waals surface area contributed by atoms with Gasteiger partial charge in [-0.1, -0.05) is 29.3 Å². The van der Waals surface area contributed by atoms with E-state index >= 15 is 0 Å². The SMILES string of the molecule is COc1ccc(NS(=O)(=O)c2cccc(Cl)c2Cl)cc1N1CC(C)NC(C)C1. The fourth-order valence-electron chi connectivity index (χ4n) is 3.43. The third-order valence-corrected chi connectivity index (χ3v) is 6.89. The first kappa shape index (κ1) is 21.0. The number of ether oxygens (including phenoxy) is 1. The average Bonchev–Trinajstić information content (AvgIpc) is 2.62. The van der Waals surface area contributed by atoms with Crippen LogP contribution in [0.4, 0.5) is 11.4 Å². The quantitative estimate of drug-likeness (QED) is 0.730. The van der Waals surface area contributed by atoms with Gasteiger partial charge in [-0.3, -0.25) is 4.72 Å². The van der Waals surface area contributed by atoms with Gasteiger partial charge in [-0.2, -0.15) is 0 Å². The van der Waals surface area contributed by atoms with Crippen molar-refractivity contribution >= 4 is 44.6 Å². The van der Waals surface area contributed by atoms with Crippen molar-refractivity contribution in [2.75, 3.05) is 29.8 Å². The van der Waals surface area contributed by atoms with Crippen LogP contribution < -0.4 is 19.7 Å². The van der Waals surface area contributed by atoms with Crippen LogP contribution in [0.1, 0.15) is 13.8 Å². The van der Waals surface area contributed by atoms with Gasteiger partial charge in [-0.15, -0.1) is 0 Å². The first-order valence-corrected chi connectivity index (χ1v) is 11.1. The maximum absolute atomic E-state index is 12.8. The van der Waals surface area contributed by atoms with Gasteiger partial charge in [0.25, 0.3) is 10.0 Å². The third-order valence-electron chi connectivity index (χ3n) is 4.53. The van der Waals surface area contributed by atoms with Crippen LogP contribution in [-0.2, 0) is 10.0 Å². The molecule has 0 spiro atoms. The van der Waals surface area contributed by atoms with Crippen molar-refractivity contribution < 1.29 is 13.2 Å². The molecule has 2 unspecified atom stereocenters. The monoisotopic (exact) mass is 443 g/mol. The van der Waals surface area contributed by atoms with E-state index in [2.05, 4.69) is 28.8 Å². The molecule has 1 aliphatic heterocycles. The number of benzene rings is 2. The smallest absolute Gasteiger partial charge is 0.263 e. The summed E-state index contributed by atoms with van der Waals surface area (Å²) in [6, 6.07) is 10.3. The number of hydrogen-bond acceptors (Lipinski definition) is 5. The fraction of sp³-hybridized carbons (Fsp3) is 0.368. The van der Waals surface area contributed by atoms with E-state index in [4.69, 9.17) is 27.9 Å². The molecule has 152 valence electrons. The van der Waals surface area contributed by atoms with Crippen LogP contribution >= 0.6 is 23.2 Å². The van der Waals surface area contributed by atoms with Crippen LogP contribution in [-0.4, -0.2) is 40.7 Å². The zero-order valence-electron chi connectivity index (χ0n) is 15.9. The molecule has 1 heterocycles. The van der Waals surface area contributed by atoms with Crippen LogP contribution in [0.2, 0.25) is 10.0 Å². The number of rotatable bonds is 5. The summed E-state index contributed by atoms with van der Waals surface area (Å²) in [6.45, 7) is 5.81. The van der Waals surface area contributed by atoms with E-state index in [1.807, 2.05) is 0 Å². The van der Waals surface area contributed by atoms with Crippen molar-refractivity contribution in [3.05, 3.63) is 46.4 Å². The molecule has 1 fully saturated rings. The molecule has 0 radical (unpaired) electrons. The van der Waals surface area contributed by atoms with Gasteiger partial charge in [0, 0.05) is 25.2 Å². The molecule has 0 bridgehead atoms. The summed E-state index contributed by atoms with van der Waals surface area (Å²) in [5, 5.41) is 3.66. The number of nitrogens with one attached hydrogen (secondary N) is 2. The lowest BCUT2D eigenvalue weighted by Gasteiger charge is -2.38. The number of methoxy groups -OCH3 is 1. The molecule has 9 heteroatoms. The van der Waals surface area contributed by atoms with Crippen molar-refractivity contribution in [3.63, 3.8) is 0 Å². The van der Waals surface area contributed by atoms with Crippen LogP contribution in [0.25, 0.3) is 0 Å². The molecule has 2 aromatic carbocycles. The lowest BCUT2D eigenvalue weighted by atomic mass is 10.1. The highest BCUT2D eigenvalue weighted by atomic mass is 35.5. The van der Waals surface area contributed by atoms with E-state index in [1.54, 1.807) is 37.4 Å². The highest BCUT2D eigenvalue weighted by molar-refractivity contribution is 7.92. The van der Waals surface area contributed by atoms with Gasteiger partial charge in [-0.05, 0) is 44.2 Å². The maximum Gasteiger partial charge on any atom is 0.263 e. The molecule has 2 N–H and O–H groups in total. The van der Waals surface area contributed by atoms with Crippen molar-refractivity contribution in [2.24, 2.45) is 0 Å². The zero-order valence-corrected chi connectivity index (χ0v) is 18.2. The van der Waals surface area contributed by atoms with E-state index in [0.717, 1.165) is 18.8 Å². The summed E-state index contributed by atoms with van der Waals surface area (Å²) in [5.41, 5.74) is 1.26. The molecule has 2 aromatic rings. The topological polar surface area (TPSA) is 70.7 Å². The van der Waals surface area contributed by atoms with Gasteiger partial charge in [0.1, 0.15) is 10.6 Å². The lowest BCUT2D eigenvalue weighted by molar-refractivity contribution is 0.391. The molecule has 6 nitrogen and oxygen atoms in total. The molecule has 28 heavy (non-hydrogen) atoms. The highest BCUT2D eigenvalue weighted by Gasteiger charge is 2.25. The summed E-state index contributed by atoms with van der Waals surface area (Å²) in [7, 11) is -2.29. The number of hydrogen-bond donors (Lipinski definition) is 2. The fourth-order valence-corrected chi connectivity index (χ4v) is 5.24. The van der Waals surface area contributed by atoms with Crippen molar-refractivity contribution in [1.29, 1.82) is 0 Å². The highest BCUT2D eigenvalue weighted by Crippen LogP contribution is 2.35. The molecule has 2 atom stereocenters. The van der Waals surface area contributed by atoms with Gasteiger partial charge in [0.05, 0.1) is 28.5 Å². The molecular weight excluding hydrogens is 421 g/mol. The van der Waals surface area contributed by atoms with E-state index in [-0.39, 0.29) is 14.9 Å². The molecule has 3 rings (SSSR count). The standard InChI is InChI=1S/C19H23Cl2N3O3S/c1-12-10-24(11-13(2)22-12)16-9-14(7-8-17(16)27-3)23-28(25,26)18-6-4-5-15(20)19(18)21/h4-9,12-13,22-23H,10-11H2,1-3H3. The maximum atomic E-state index is 12.8. The van der Waals surface area contributed by atoms with Crippen LogP contribution in [0, 0.1) is 0 Å². The minimum absolute atomic E-state index is 0.00448. The van der Waals surface area contributed by atoms with Gasteiger partial charge < -0.3 is 15.0 Å². The Bertz CT molecular complexity index is 959. The largest absolute Gasteiger partial charge is 0.495 e. The Kier molecular flexibility index (Phi) is 6.29. The Hall–Kier alpha value is -1.67. The summed E-state index contributed by atoms with van der Waals surface area (Å²) in [5.74, 6) is 0.685. The van der Waals surface area contributed by atoms with Gasteiger partial charge in [0.2, 0.25) is 0 Å². The molecule has 0 aromatic heterocycles. The number of nitrogens with zero attached hydrogens (tertiary/aromatic N) is 1. The Morgan fingerprint density at radius 1 is 1.14 bits per heavy atom. The normalized spacial score (nSPS) is 20.1. The van der Waals surface area contributed by atoms with Crippen molar-refractivity contribution in [2.45, 2.75) is 30.8 Å². The second kappa shape index (κ2) is 8.37. The number of halogens is 2. The summed E-state index contributed by atoms with van der Waals surface area (Å²) < 4.78 is 33.7. The molecule has 0 aliphatic carbocycles. The number of piperazine rings is 1. The minimum atomic E-state index is -3.89. The Morgan fingerprint density at radius 3 is 2.46 bits per heavy atom. The molecular formula is C19H23Cl2N3O3S. The predicted molar refractivity (Wildman–Crippen MR) is 115 cm³/mol. The molecule has 1 aliphatic rings. The molecule has 1 saturated heterocycles. The average molecular weight is 444 g/mol. The van der Waals surface area contributed by atoms with Crippen LogP contribution in [0.5, 0.6) is 5.75 Å². The van der Waals surface area contributed by atoms with Crippen molar-refractivity contribution in [1.82, 2.24) is 5.32 Å². The first-order chi connectivity index (χ1) is 13.2. The number of anilines is 2. The Morgan fingerprint density at radius 2 is 1.82 bits per heavy atom. The van der Waals surface area contributed by atoms with Gasteiger partial charge >= 0.3 is 0 Å². The van der Waals surface area contributed by atoms with E-state index in [0.29, 0.717) is 23.5 Å². The first-order valence-electron chi connectivity index (χ1n) is 8.87. The van der Waals surface area contributed by atoms with E-state index in [9.17, 15) is 8.42 Å². The lowest BCUT2D eigenvalue weighted by Crippen LogP contribution is -2.54. The molecule has 0 amide bonds. The summed E-state index contributed by atoms with van der Waals surface area (Å²) >= 11 is 12.1. The molecule has 0 saturated carbocycles. The number of sulfonamides is 1. The van der Waals surface area contributed by atoms with Gasteiger partial charge in [-0.25, -0.2) is 8.42 Å². The van der Waals surface area contributed by atoms with E-state index < -0.39 is 10.0 Å². The third kappa shape index (κ3) is 4.49. The Labute approximate surface area is 175 Å². The summed E-state index contributed by atoms with van der Waals surface area (Å²) in [4.78, 5) is 2.12. The van der Waals surface area contributed by atoms with Crippen molar-refractivity contribution in [3.8, 4) is 5.75 Å². The van der Waals surface area contributed by atoms with Crippen LogP contribution in [0.3, 0.4) is 0 Å². The Balaban J connectivity index is 1.94. The zero-order chi connectivity index (χ0) is 20.5. The summed E-state index contributed by atoms with van der Waals surface area (Å²) in [6.07, 6.45) is 0. The minimum Gasteiger partial charge on any atom is -0.495 e.